The number of para-hydroxylation sites is 1. The van der Waals surface area contributed by atoms with Crippen molar-refractivity contribution in [3.05, 3.63) is 48.5 Å². The number of amides is 3. The van der Waals surface area contributed by atoms with Crippen molar-refractivity contribution in [1.29, 1.82) is 0 Å². The first-order chi connectivity index (χ1) is 13.6. The van der Waals surface area contributed by atoms with E-state index >= 15 is 0 Å². The Morgan fingerprint density at radius 2 is 1.86 bits per heavy atom. The molecule has 0 aromatic heterocycles. The molecule has 2 aliphatic heterocycles. The van der Waals surface area contributed by atoms with E-state index in [2.05, 4.69) is 10.6 Å². The minimum atomic E-state index is -0.617. The molecule has 3 amide bonds. The average molecular weight is 381 g/mol. The van der Waals surface area contributed by atoms with Crippen LogP contribution in [-0.2, 0) is 14.4 Å². The fraction of sp³-hybridized carbons (Fsp3) is 0.250. The molecule has 1 atom stereocenters. The summed E-state index contributed by atoms with van der Waals surface area (Å²) in [7, 11) is 0. The van der Waals surface area contributed by atoms with Crippen molar-refractivity contribution >= 4 is 29.1 Å². The Bertz CT molecular complexity index is 915. The summed E-state index contributed by atoms with van der Waals surface area (Å²) in [6.07, 6.45) is 0.722. The highest BCUT2D eigenvalue weighted by molar-refractivity contribution is 6.04. The first kappa shape index (κ1) is 17.8. The summed E-state index contributed by atoms with van der Waals surface area (Å²) >= 11 is 0. The van der Waals surface area contributed by atoms with Crippen molar-refractivity contribution in [2.45, 2.75) is 18.9 Å². The van der Waals surface area contributed by atoms with Gasteiger partial charge in [-0.15, -0.1) is 0 Å². The van der Waals surface area contributed by atoms with Gasteiger partial charge in [-0.1, -0.05) is 18.2 Å². The van der Waals surface area contributed by atoms with E-state index in [4.69, 9.17) is 9.47 Å². The van der Waals surface area contributed by atoms with Gasteiger partial charge in [0, 0.05) is 23.9 Å². The zero-order valence-corrected chi connectivity index (χ0v) is 15.0. The van der Waals surface area contributed by atoms with E-state index in [1.165, 1.54) is 4.90 Å². The van der Waals surface area contributed by atoms with Crippen LogP contribution in [0, 0.1) is 0 Å². The molecule has 0 saturated carbocycles. The van der Waals surface area contributed by atoms with Gasteiger partial charge in [-0.05, 0) is 30.7 Å². The van der Waals surface area contributed by atoms with Crippen LogP contribution in [0.5, 0.6) is 11.5 Å². The van der Waals surface area contributed by atoms with Crippen molar-refractivity contribution in [3.63, 3.8) is 0 Å². The number of anilines is 2. The molecule has 4 rings (SSSR count). The molecule has 0 bridgehead atoms. The summed E-state index contributed by atoms with van der Waals surface area (Å²) in [5.74, 6) is 0.359. The molecule has 0 spiro atoms. The summed E-state index contributed by atoms with van der Waals surface area (Å²) in [5.41, 5.74) is 1.22. The Kier molecular flexibility index (Phi) is 4.84. The molecule has 2 aliphatic rings. The first-order valence-corrected chi connectivity index (χ1v) is 8.96. The molecule has 2 N–H and O–H groups in total. The van der Waals surface area contributed by atoms with Crippen molar-refractivity contribution in [3.8, 4) is 11.5 Å². The number of benzene rings is 2. The molecule has 0 aliphatic carbocycles. The van der Waals surface area contributed by atoms with Crippen molar-refractivity contribution in [2.75, 3.05) is 23.6 Å². The minimum Gasteiger partial charge on any atom is -0.454 e. The largest absolute Gasteiger partial charge is 0.454 e. The van der Waals surface area contributed by atoms with Gasteiger partial charge in [0.15, 0.2) is 11.5 Å². The molecule has 1 fully saturated rings. The summed E-state index contributed by atoms with van der Waals surface area (Å²) in [4.78, 5) is 38.4. The number of nitrogens with one attached hydrogen (secondary N) is 2. The Hall–Kier alpha value is -3.55. The fourth-order valence-corrected chi connectivity index (χ4v) is 3.31. The maximum atomic E-state index is 12.6. The number of rotatable bonds is 5. The number of carbonyl (C=O) groups excluding carboxylic acids is 3. The van der Waals surface area contributed by atoms with Crippen molar-refractivity contribution < 1.29 is 23.9 Å². The Labute approximate surface area is 161 Å². The van der Waals surface area contributed by atoms with Crippen LogP contribution in [0.4, 0.5) is 11.4 Å². The zero-order valence-electron chi connectivity index (χ0n) is 15.0. The summed E-state index contributed by atoms with van der Waals surface area (Å²) in [6.45, 7) is -0.0403. The number of ether oxygens (including phenoxy) is 2. The maximum Gasteiger partial charge on any atom is 0.243 e. The van der Waals surface area contributed by atoms with Gasteiger partial charge in [0.2, 0.25) is 24.5 Å². The molecular weight excluding hydrogens is 362 g/mol. The van der Waals surface area contributed by atoms with Crippen LogP contribution < -0.4 is 25.0 Å². The van der Waals surface area contributed by atoms with Gasteiger partial charge in [0.1, 0.15) is 6.04 Å². The molecule has 1 unspecified atom stereocenters. The smallest absolute Gasteiger partial charge is 0.243 e. The van der Waals surface area contributed by atoms with Gasteiger partial charge in [-0.25, -0.2) is 0 Å². The van der Waals surface area contributed by atoms with E-state index in [1.807, 2.05) is 18.2 Å². The summed E-state index contributed by atoms with van der Waals surface area (Å²) in [6, 6.07) is 13.5. The zero-order chi connectivity index (χ0) is 19.5. The quantitative estimate of drug-likeness (QED) is 0.821. The van der Waals surface area contributed by atoms with Gasteiger partial charge in [0.05, 0.1) is 6.54 Å². The van der Waals surface area contributed by atoms with Gasteiger partial charge < -0.3 is 20.1 Å². The minimum absolute atomic E-state index is 0.101. The van der Waals surface area contributed by atoms with Crippen LogP contribution in [0.15, 0.2) is 48.5 Å². The Morgan fingerprint density at radius 1 is 1.07 bits per heavy atom. The van der Waals surface area contributed by atoms with Crippen LogP contribution in [-0.4, -0.2) is 37.1 Å². The molecule has 0 radical (unpaired) electrons. The van der Waals surface area contributed by atoms with Gasteiger partial charge >= 0.3 is 0 Å². The van der Waals surface area contributed by atoms with E-state index in [-0.39, 0.29) is 31.1 Å². The molecule has 28 heavy (non-hydrogen) atoms. The van der Waals surface area contributed by atoms with Crippen molar-refractivity contribution in [2.24, 2.45) is 0 Å². The fourth-order valence-electron chi connectivity index (χ4n) is 3.31. The predicted octanol–water partition coefficient (Wildman–Crippen LogP) is 1.67. The lowest BCUT2D eigenvalue weighted by Gasteiger charge is -2.24. The van der Waals surface area contributed by atoms with Gasteiger partial charge in [-0.2, -0.15) is 0 Å². The highest BCUT2D eigenvalue weighted by Crippen LogP contribution is 2.34. The predicted molar refractivity (Wildman–Crippen MR) is 101 cm³/mol. The van der Waals surface area contributed by atoms with Crippen LogP contribution in [0.3, 0.4) is 0 Å². The molecule has 2 aromatic rings. The van der Waals surface area contributed by atoms with E-state index in [9.17, 15) is 14.4 Å². The summed E-state index contributed by atoms with van der Waals surface area (Å²) in [5, 5.41) is 5.32. The molecule has 2 aromatic carbocycles. The molecule has 1 saturated heterocycles. The molecule has 8 nitrogen and oxygen atoms in total. The number of fused-ring (bicyclic) bond motifs is 1. The molecule has 2 heterocycles. The van der Waals surface area contributed by atoms with E-state index < -0.39 is 6.04 Å². The second kappa shape index (κ2) is 7.59. The third kappa shape index (κ3) is 3.62. The lowest BCUT2D eigenvalue weighted by atomic mass is 10.2. The lowest BCUT2D eigenvalue weighted by Crippen LogP contribution is -2.46. The second-order valence-electron chi connectivity index (χ2n) is 6.49. The first-order valence-electron chi connectivity index (χ1n) is 8.96. The highest BCUT2D eigenvalue weighted by atomic mass is 16.7. The van der Waals surface area contributed by atoms with E-state index in [1.54, 1.807) is 30.3 Å². The Balaban J connectivity index is 1.34. The standard InChI is InChI=1S/C20H19N3O5/c24-18(22-13-6-8-16-17(10-13)28-12-27-16)11-21-20(26)15-7-9-19(25)23(15)14-4-2-1-3-5-14/h1-6,8,10,15H,7,9,11-12H2,(H,21,26)(H,22,24). The summed E-state index contributed by atoms with van der Waals surface area (Å²) < 4.78 is 10.5. The van der Waals surface area contributed by atoms with Crippen LogP contribution in [0.1, 0.15) is 12.8 Å². The lowest BCUT2D eigenvalue weighted by molar-refractivity contribution is -0.125. The number of hydrogen-bond acceptors (Lipinski definition) is 5. The molecule has 144 valence electrons. The highest BCUT2D eigenvalue weighted by Gasteiger charge is 2.37. The van der Waals surface area contributed by atoms with Crippen molar-refractivity contribution in [1.82, 2.24) is 5.32 Å². The van der Waals surface area contributed by atoms with E-state index in [0.29, 0.717) is 35.7 Å². The van der Waals surface area contributed by atoms with Crippen LogP contribution in [0.2, 0.25) is 0 Å². The van der Waals surface area contributed by atoms with Gasteiger partial charge in [0.25, 0.3) is 0 Å². The van der Waals surface area contributed by atoms with Crippen LogP contribution >= 0.6 is 0 Å². The topological polar surface area (TPSA) is 97.0 Å². The maximum absolute atomic E-state index is 12.6. The third-order valence-corrected chi connectivity index (χ3v) is 4.63. The average Bonchev–Trinajstić information content (AvgIpc) is 3.32. The van der Waals surface area contributed by atoms with E-state index in [0.717, 1.165) is 0 Å². The molecule has 8 heteroatoms. The monoisotopic (exact) mass is 381 g/mol. The van der Waals surface area contributed by atoms with Crippen LogP contribution in [0.25, 0.3) is 0 Å². The second-order valence-corrected chi connectivity index (χ2v) is 6.49. The third-order valence-electron chi connectivity index (χ3n) is 4.63. The number of carbonyl (C=O) groups is 3. The SMILES string of the molecule is O=C(CNC(=O)C1CCC(=O)N1c1ccccc1)Nc1ccc2c(c1)OCO2. The Morgan fingerprint density at radius 3 is 2.68 bits per heavy atom. The van der Waals surface area contributed by atoms with Gasteiger partial charge in [-0.3, -0.25) is 19.3 Å². The molecular formula is C20H19N3O5. The number of nitrogens with zero attached hydrogens (tertiary/aromatic N) is 1. The number of hydrogen-bond donors (Lipinski definition) is 2. The normalized spacial score (nSPS) is 17.5.